The first kappa shape index (κ1) is 17.5. The van der Waals surface area contributed by atoms with Crippen molar-refractivity contribution in [2.45, 2.75) is 52.7 Å². The number of hydrogen-bond donors (Lipinski definition) is 1. The lowest BCUT2D eigenvalue weighted by Crippen LogP contribution is -2.40. The molecule has 23 heavy (non-hydrogen) atoms. The average molecular weight is 316 g/mol. The maximum Gasteiger partial charge on any atom is 0.414 e. The lowest BCUT2D eigenvalue weighted by atomic mass is 9.98. The summed E-state index contributed by atoms with van der Waals surface area (Å²) in [6, 6.07) is 6.25. The first-order valence-corrected chi connectivity index (χ1v) is 8.24. The highest BCUT2D eigenvalue weighted by molar-refractivity contribution is 5.90. The minimum Gasteiger partial charge on any atom is -0.443 e. The first-order chi connectivity index (χ1) is 10.8. The average Bonchev–Trinajstić information content (AvgIpc) is 2.44. The molecule has 4 nitrogen and oxygen atoms in total. The Morgan fingerprint density at radius 2 is 2.13 bits per heavy atom. The molecule has 1 aromatic carbocycles. The van der Waals surface area contributed by atoms with Gasteiger partial charge in [-0.05, 0) is 51.7 Å². The molecule has 0 spiro atoms. The van der Waals surface area contributed by atoms with Crippen molar-refractivity contribution in [1.29, 1.82) is 0 Å². The quantitative estimate of drug-likeness (QED) is 0.852. The zero-order valence-electron chi connectivity index (χ0n) is 14.7. The molecule has 0 saturated carbocycles. The SMILES string of the molecule is C=C(C)CNCc1cccc2c1N(C(=O)OC(C)(C)C)CCC2. The number of ether oxygens (including phenoxy) is 1. The number of aryl methyl sites for hydroxylation is 1. The van der Waals surface area contributed by atoms with Gasteiger partial charge in [-0.25, -0.2) is 4.79 Å². The molecule has 0 unspecified atom stereocenters. The van der Waals surface area contributed by atoms with Crippen LogP contribution in [0.15, 0.2) is 30.4 Å². The van der Waals surface area contributed by atoms with Crippen molar-refractivity contribution in [3.8, 4) is 0 Å². The topological polar surface area (TPSA) is 41.6 Å². The van der Waals surface area contributed by atoms with Crippen LogP contribution in [-0.4, -0.2) is 24.8 Å². The van der Waals surface area contributed by atoms with E-state index in [0.29, 0.717) is 6.54 Å². The molecule has 1 N–H and O–H groups in total. The summed E-state index contributed by atoms with van der Waals surface area (Å²) in [7, 11) is 0. The standard InChI is InChI=1S/C19H28N2O2/c1-14(2)12-20-13-16-9-6-8-15-10-7-11-21(17(15)16)18(22)23-19(3,4)5/h6,8-9,20H,1,7,10-13H2,2-5H3. The third-order valence-electron chi connectivity index (χ3n) is 3.66. The fraction of sp³-hybridized carbons (Fsp3) is 0.526. The monoisotopic (exact) mass is 316 g/mol. The van der Waals surface area contributed by atoms with E-state index in [1.54, 1.807) is 4.90 Å². The lowest BCUT2D eigenvalue weighted by molar-refractivity contribution is 0.0577. The van der Waals surface area contributed by atoms with Crippen LogP contribution >= 0.6 is 0 Å². The van der Waals surface area contributed by atoms with E-state index in [0.717, 1.165) is 42.8 Å². The molecule has 0 bridgehead atoms. The number of nitrogens with zero attached hydrogens (tertiary/aromatic N) is 1. The molecule has 0 radical (unpaired) electrons. The van der Waals surface area contributed by atoms with Crippen LogP contribution in [-0.2, 0) is 17.7 Å². The summed E-state index contributed by atoms with van der Waals surface area (Å²) in [6.45, 7) is 13.8. The van der Waals surface area contributed by atoms with Crippen LogP contribution in [0.1, 0.15) is 45.2 Å². The number of anilines is 1. The van der Waals surface area contributed by atoms with Gasteiger partial charge in [0, 0.05) is 19.6 Å². The Hall–Kier alpha value is -1.81. The van der Waals surface area contributed by atoms with Gasteiger partial charge in [-0.2, -0.15) is 0 Å². The van der Waals surface area contributed by atoms with Gasteiger partial charge in [-0.3, -0.25) is 4.90 Å². The van der Waals surface area contributed by atoms with Gasteiger partial charge in [0.25, 0.3) is 0 Å². The van der Waals surface area contributed by atoms with Gasteiger partial charge in [0.1, 0.15) is 5.60 Å². The molecule has 1 aliphatic rings. The van der Waals surface area contributed by atoms with Crippen LogP contribution in [0.5, 0.6) is 0 Å². The predicted molar refractivity (Wildman–Crippen MR) is 94.9 cm³/mol. The fourth-order valence-electron chi connectivity index (χ4n) is 2.79. The van der Waals surface area contributed by atoms with E-state index in [1.165, 1.54) is 5.56 Å². The summed E-state index contributed by atoms with van der Waals surface area (Å²) >= 11 is 0. The molecular formula is C19H28N2O2. The smallest absolute Gasteiger partial charge is 0.414 e. The third kappa shape index (κ3) is 4.83. The van der Waals surface area contributed by atoms with E-state index < -0.39 is 5.60 Å². The predicted octanol–water partition coefficient (Wildman–Crippen LogP) is 4.04. The fourth-order valence-corrected chi connectivity index (χ4v) is 2.79. The number of hydrogen-bond acceptors (Lipinski definition) is 3. The second-order valence-corrected chi connectivity index (χ2v) is 7.22. The van der Waals surface area contributed by atoms with Crippen LogP contribution in [0, 0.1) is 0 Å². The molecule has 1 aromatic rings. The Balaban J connectivity index is 2.24. The summed E-state index contributed by atoms with van der Waals surface area (Å²) in [4.78, 5) is 14.4. The van der Waals surface area contributed by atoms with Crippen molar-refractivity contribution in [2.75, 3.05) is 18.0 Å². The molecule has 0 aromatic heterocycles. The number of nitrogens with one attached hydrogen (secondary N) is 1. The van der Waals surface area contributed by atoms with E-state index in [1.807, 2.05) is 27.7 Å². The van der Waals surface area contributed by atoms with Crippen molar-refractivity contribution >= 4 is 11.8 Å². The Morgan fingerprint density at radius 3 is 2.78 bits per heavy atom. The van der Waals surface area contributed by atoms with Crippen LogP contribution in [0.4, 0.5) is 10.5 Å². The van der Waals surface area contributed by atoms with E-state index in [4.69, 9.17) is 4.74 Å². The van der Waals surface area contributed by atoms with Gasteiger partial charge in [0.15, 0.2) is 0 Å². The van der Waals surface area contributed by atoms with Gasteiger partial charge >= 0.3 is 6.09 Å². The number of amides is 1. The van der Waals surface area contributed by atoms with Crippen LogP contribution in [0.3, 0.4) is 0 Å². The molecule has 0 fully saturated rings. The van der Waals surface area contributed by atoms with Crippen LogP contribution in [0.25, 0.3) is 0 Å². The normalized spacial score (nSPS) is 14.3. The molecule has 0 aliphatic carbocycles. The molecule has 2 rings (SSSR count). The number of carbonyl (C=O) groups is 1. The third-order valence-corrected chi connectivity index (χ3v) is 3.66. The van der Waals surface area contributed by atoms with Gasteiger partial charge < -0.3 is 10.1 Å². The second kappa shape index (κ2) is 7.18. The largest absolute Gasteiger partial charge is 0.443 e. The second-order valence-electron chi connectivity index (χ2n) is 7.22. The molecule has 0 saturated heterocycles. The summed E-state index contributed by atoms with van der Waals surface area (Å²) in [5, 5.41) is 3.38. The van der Waals surface area contributed by atoms with Gasteiger partial charge in [-0.1, -0.05) is 30.4 Å². The van der Waals surface area contributed by atoms with Gasteiger partial charge in [-0.15, -0.1) is 0 Å². The molecule has 1 heterocycles. The summed E-state index contributed by atoms with van der Waals surface area (Å²) in [5.74, 6) is 0. The number of fused-ring (bicyclic) bond motifs is 1. The Bertz CT molecular complexity index is 588. The maximum atomic E-state index is 12.6. The van der Waals surface area contributed by atoms with Gasteiger partial charge in [0.2, 0.25) is 0 Å². The molecule has 1 aliphatic heterocycles. The highest BCUT2D eigenvalue weighted by Gasteiger charge is 2.28. The van der Waals surface area contributed by atoms with Crippen LogP contribution in [0.2, 0.25) is 0 Å². The summed E-state index contributed by atoms with van der Waals surface area (Å²) in [5.41, 5.74) is 3.98. The summed E-state index contributed by atoms with van der Waals surface area (Å²) < 4.78 is 5.58. The van der Waals surface area contributed by atoms with Crippen molar-refractivity contribution in [2.24, 2.45) is 0 Å². The maximum absolute atomic E-state index is 12.6. The molecular weight excluding hydrogens is 288 g/mol. The van der Waals surface area contributed by atoms with Crippen molar-refractivity contribution < 1.29 is 9.53 Å². The number of para-hydroxylation sites is 1. The number of benzene rings is 1. The summed E-state index contributed by atoms with van der Waals surface area (Å²) in [6.07, 6.45) is 1.71. The van der Waals surface area contributed by atoms with E-state index in [-0.39, 0.29) is 6.09 Å². The van der Waals surface area contributed by atoms with Crippen LogP contribution < -0.4 is 10.2 Å². The molecule has 0 atom stereocenters. The first-order valence-electron chi connectivity index (χ1n) is 8.24. The minimum atomic E-state index is -0.484. The number of rotatable bonds is 4. The number of carbonyl (C=O) groups excluding carboxylic acids is 1. The van der Waals surface area contributed by atoms with E-state index in [2.05, 4.69) is 30.1 Å². The van der Waals surface area contributed by atoms with Gasteiger partial charge in [0.05, 0.1) is 5.69 Å². The highest BCUT2D eigenvalue weighted by atomic mass is 16.6. The Morgan fingerprint density at radius 1 is 1.39 bits per heavy atom. The Kier molecular flexibility index (Phi) is 5.47. The van der Waals surface area contributed by atoms with Crippen molar-refractivity contribution in [1.82, 2.24) is 5.32 Å². The van der Waals surface area contributed by atoms with Crippen molar-refractivity contribution in [3.05, 3.63) is 41.5 Å². The Labute approximate surface area is 139 Å². The highest BCUT2D eigenvalue weighted by Crippen LogP contribution is 2.32. The van der Waals surface area contributed by atoms with E-state index in [9.17, 15) is 4.79 Å². The zero-order valence-corrected chi connectivity index (χ0v) is 14.7. The minimum absolute atomic E-state index is 0.259. The van der Waals surface area contributed by atoms with Crippen molar-refractivity contribution in [3.63, 3.8) is 0 Å². The molecule has 126 valence electrons. The molecule has 1 amide bonds. The molecule has 4 heteroatoms. The lowest BCUT2D eigenvalue weighted by Gasteiger charge is -2.33. The zero-order chi connectivity index (χ0) is 17.0. The van der Waals surface area contributed by atoms with E-state index >= 15 is 0 Å².